The van der Waals surface area contributed by atoms with Gasteiger partial charge in [-0.1, -0.05) is 31.2 Å². The molecule has 3 nitrogen and oxygen atoms in total. The van der Waals surface area contributed by atoms with Crippen LogP contribution in [0.1, 0.15) is 43.0 Å². The number of nitrogens with one attached hydrogen (secondary N) is 1. The second-order valence-electron chi connectivity index (χ2n) is 6.00. The smallest absolute Gasteiger partial charge is 0.0537 e. The van der Waals surface area contributed by atoms with E-state index in [1.165, 1.54) is 29.5 Å². The Bertz CT molecular complexity index is 563. The molecule has 1 aromatic carbocycles. The number of hydrogen-bond acceptors (Lipinski definition) is 2. The molecule has 3 rings (SSSR count). The topological polar surface area (TPSA) is 29.9 Å². The van der Waals surface area contributed by atoms with Gasteiger partial charge in [0.25, 0.3) is 0 Å². The van der Waals surface area contributed by atoms with Crippen molar-refractivity contribution in [2.75, 3.05) is 6.54 Å². The summed E-state index contributed by atoms with van der Waals surface area (Å²) in [4.78, 5) is 0. The van der Waals surface area contributed by atoms with E-state index in [1.807, 2.05) is 10.9 Å². The maximum atomic E-state index is 4.46. The van der Waals surface area contributed by atoms with Gasteiger partial charge < -0.3 is 5.32 Å². The van der Waals surface area contributed by atoms with Crippen molar-refractivity contribution in [3.63, 3.8) is 0 Å². The van der Waals surface area contributed by atoms with E-state index in [1.54, 1.807) is 0 Å². The van der Waals surface area contributed by atoms with Crippen molar-refractivity contribution in [1.82, 2.24) is 15.1 Å². The Morgan fingerprint density at radius 1 is 1.24 bits per heavy atom. The van der Waals surface area contributed by atoms with Crippen LogP contribution in [0.2, 0.25) is 0 Å². The lowest BCUT2D eigenvalue weighted by molar-refractivity contribution is 0.373. The van der Waals surface area contributed by atoms with Gasteiger partial charge in [-0.15, -0.1) is 0 Å². The molecule has 1 aliphatic rings. The molecule has 2 aromatic rings. The van der Waals surface area contributed by atoms with E-state index >= 15 is 0 Å². The van der Waals surface area contributed by atoms with Gasteiger partial charge >= 0.3 is 0 Å². The highest BCUT2D eigenvalue weighted by Gasteiger charge is 2.29. The van der Waals surface area contributed by atoms with E-state index in [0.717, 1.165) is 19.5 Å². The van der Waals surface area contributed by atoms with E-state index in [-0.39, 0.29) is 0 Å². The Morgan fingerprint density at radius 2 is 1.95 bits per heavy atom. The lowest BCUT2D eigenvalue weighted by Gasteiger charge is -2.23. The first-order valence-electron chi connectivity index (χ1n) is 8.14. The number of aromatic nitrogens is 2. The highest BCUT2D eigenvalue weighted by atomic mass is 15.3. The lowest BCUT2D eigenvalue weighted by atomic mass is 9.92. The fourth-order valence-electron chi connectivity index (χ4n) is 3.40. The van der Waals surface area contributed by atoms with Gasteiger partial charge in [0.1, 0.15) is 0 Å². The summed E-state index contributed by atoms with van der Waals surface area (Å²) >= 11 is 0. The molecular formula is C18H25N3. The second kappa shape index (κ2) is 6.44. The largest absolute Gasteiger partial charge is 0.310 e. The quantitative estimate of drug-likeness (QED) is 0.881. The zero-order valence-corrected chi connectivity index (χ0v) is 13.0. The van der Waals surface area contributed by atoms with E-state index in [2.05, 4.69) is 54.7 Å². The molecule has 1 aromatic heterocycles. The van der Waals surface area contributed by atoms with Gasteiger partial charge in [0.05, 0.1) is 6.20 Å². The number of benzene rings is 1. The van der Waals surface area contributed by atoms with Crippen molar-refractivity contribution in [2.24, 2.45) is 5.92 Å². The minimum absolute atomic E-state index is 0.414. The number of rotatable bonds is 6. The van der Waals surface area contributed by atoms with Crippen molar-refractivity contribution >= 4 is 0 Å². The maximum Gasteiger partial charge on any atom is 0.0537 e. The molecule has 1 unspecified atom stereocenters. The van der Waals surface area contributed by atoms with Gasteiger partial charge in [0.15, 0.2) is 0 Å². The maximum absolute atomic E-state index is 4.46. The van der Waals surface area contributed by atoms with Gasteiger partial charge in [-0.2, -0.15) is 5.10 Å². The summed E-state index contributed by atoms with van der Waals surface area (Å²) < 4.78 is 2.03. The Balaban J connectivity index is 1.80. The molecule has 3 heteroatoms. The highest BCUT2D eigenvalue weighted by molar-refractivity contribution is 5.33. The zero-order chi connectivity index (χ0) is 14.7. The Hall–Kier alpha value is -1.61. The SMILES string of the molecule is CCCNC(c1cnn(CC)c1)C1Cc2ccccc2C1. The van der Waals surface area contributed by atoms with Crippen LogP contribution in [0.4, 0.5) is 0 Å². The van der Waals surface area contributed by atoms with Crippen molar-refractivity contribution < 1.29 is 0 Å². The van der Waals surface area contributed by atoms with Crippen molar-refractivity contribution in [2.45, 2.75) is 45.7 Å². The predicted molar refractivity (Wildman–Crippen MR) is 86.3 cm³/mol. The third-order valence-corrected chi connectivity index (χ3v) is 4.50. The normalized spacial score (nSPS) is 16.1. The molecule has 0 radical (unpaired) electrons. The van der Waals surface area contributed by atoms with Crippen LogP contribution in [0.25, 0.3) is 0 Å². The molecule has 0 aliphatic heterocycles. The summed E-state index contributed by atoms with van der Waals surface area (Å²) in [6, 6.07) is 9.29. The van der Waals surface area contributed by atoms with Crippen LogP contribution in [0.15, 0.2) is 36.7 Å². The van der Waals surface area contributed by atoms with E-state index in [9.17, 15) is 0 Å². The van der Waals surface area contributed by atoms with Crippen LogP contribution in [0.5, 0.6) is 0 Å². The number of nitrogens with zero attached hydrogens (tertiary/aromatic N) is 2. The molecule has 112 valence electrons. The van der Waals surface area contributed by atoms with Gasteiger partial charge in [-0.05, 0) is 49.8 Å². The zero-order valence-electron chi connectivity index (χ0n) is 13.0. The van der Waals surface area contributed by atoms with Crippen LogP contribution in [-0.4, -0.2) is 16.3 Å². The second-order valence-corrected chi connectivity index (χ2v) is 6.00. The molecule has 0 saturated carbocycles. The average Bonchev–Trinajstić information content (AvgIpc) is 3.14. The minimum atomic E-state index is 0.414. The number of hydrogen-bond donors (Lipinski definition) is 1. The summed E-state index contributed by atoms with van der Waals surface area (Å²) in [5.74, 6) is 0.642. The molecule has 1 N–H and O–H groups in total. The summed E-state index contributed by atoms with van der Waals surface area (Å²) in [6.07, 6.45) is 7.76. The molecule has 1 aliphatic carbocycles. The Morgan fingerprint density at radius 3 is 2.52 bits per heavy atom. The van der Waals surface area contributed by atoms with Crippen LogP contribution < -0.4 is 5.32 Å². The van der Waals surface area contributed by atoms with Gasteiger partial charge in [0, 0.05) is 24.3 Å². The standard InChI is InChI=1S/C18H25N3/c1-3-9-19-18(17-12-20-21(4-2)13-17)16-10-14-7-5-6-8-15(14)11-16/h5-8,12-13,16,18-19H,3-4,9-11H2,1-2H3. The molecule has 1 atom stereocenters. The first-order valence-corrected chi connectivity index (χ1v) is 8.14. The summed E-state index contributed by atoms with van der Waals surface area (Å²) in [5.41, 5.74) is 4.38. The first kappa shape index (κ1) is 14.3. The molecule has 0 bridgehead atoms. The van der Waals surface area contributed by atoms with Crippen LogP contribution >= 0.6 is 0 Å². The van der Waals surface area contributed by atoms with Crippen LogP contribution in [0.3, 0.4) is 0 Å². The van der Waals surface area contributed by atoms with E-state index < -0.39 is 0 Å². The third kappa shape index (κ3) is 3.03. The summed E-state index contributed by atoms with van der Waals surface area (Å²) in [7, 11) is 0. The van der Waals surface area contributed by atoms with Crippen LogP contribution in [-0.2, 0) is 19.4 Å². The molecule has 21 heavy (non-hydrogen) atoms. The van der Waals surface area contributed by atoms with Gasteiger partial charge in [-0.3, -0.25) is 4.68 Å². The fraction of sp³-hybridized carbons (Fsp3) is 0.500. The molecule has 0 fully saturated rings. The lowest BCUT2D eigenvalue weighted by Crippen LogP contribution is -2.29. The average molecular weight is 283 g/mol. The molecule has 0 saturated heterocycles. The Labute approximate surface area is 127 Å². The first-order chi connectivity index (χ1) is 10.3. The van der Waals surface area contributed by atoms with Crippen molar-refractivity contribution in [1.29, 1.82) is 0 Å². The van der Waals surface area contributed by atoms with Gasteiger partial charge in [-0.25, -0.2) is 0 Å². The van der Waals surface area contributed by atoms with Crippen molar-refractivity contribution in [3.05, 3.63) is 53.3 Å². The summed E-state index contributed by atoms with van der Waals surface area (Å²) in [6.45, 7) is 6.36. The van der Waals surface area contributed by atoms with E-state index in [4.69, 9.17) is 0 Å². The third-order valence-electron chi connectivity index (χ3n) is 4.50. The minimum Gasteiger partial charge on any atom is -0.310 e. The Kier molecular flexibility index (Phi) is 4.39. The van der Waals surface area contributed by atoms with Crippen molar-refractivity contribution in [3.8, 4) is 0 Å². The van der Waals surface area contributed by atoms with E-state index in [0.29, 0.717) is 12.0 Å². The predicted octanol–water partition coefficient (Wildman–Crippen LogP) is 3.36. The highest BCUT2D eigenvalue weighted by Crippen LogP contribution is 2.35. The number of fused-ring (bicyclic) bond motifs is 1. The monoisotopic (exact) mass is 283 g/mol. The molecule has 0 spiro atoms. The fourth-order valence-corrected chi connectivity index (χ4v) is 3.40. The molecule has 0 amide bonds. The van der Waals surface area contributed by atoms with Crippen LogP contribution in [0, 0.1) is 5.92 Å². The molecular weight excluding hydrogens is 258 g/mol. The van der Waals surface area contributed by atoms with Gasteiger partial charge in [0.2, 0.25) is 0 Å². The number of aryl methyl sites for hydroxylation is 1. The molecule has 1 heterocycles. The summed E-state index contributed by atoms with van der Waals surface area (Å²) in [5, 5.41) is 8.21.